The zero-order chi connectivity index (χ0) is 15.9. The second kappa shape index (κ2) is 5.55. The van der Waals surface area contributed by atoms with E-state index in [0.29, 0.717) is 5.33 Å². The zero-order valence-corrected chi connectivity index (χ0v) is 13.7. The zero-order valence-electron chi connectivity index (χ0n) is 11.3. The van der Waals surface area contributed by atoms with Crippen LogP contribution in [0.5, 0.6) is 0 Å². The number of hydrogen-bond acceptors (Lipinski definition) is 2. The number of halogens is 4. The first-order valence-corrected chi connectivity index (χ1v) is 8.94. The fraction of sp³-hybridized carbons (Fsp3) is 0.538. The largest absolute Gasteiger partial charge is 0.416 e. The van der Waals surface area contributed by atoms with E-state index in [0.717, 1.165) is 25.0 Å². The Morgan fingerprint density at radius 1 is 1.33 bits per heavy atom. The topological polar surface area (TPSA) is 46.2 Å². The first-order valence-electron chi connectivity index (χ1n) is 6.34. The Balaban J connectivity index is 2.28. The molecule has 1 aromatic carbocycles. The van der Waals surface area contributed by atoms with Crippen LogP contribution in [0.25, 0.3) is 0 Å². The molecule has 0 atom stereocenters. The van der Waals surface area contributed by atoms with Crippen LogP contribution < -0.4 is 4.72 Å². The average Bonchev–Trinajstić information content (AvgIpc) is 3.16. The Morgan fingerprint density at radius 2 is 1.95 bits per heavy atom. The first-order chi connectivity index (χ1) is 9.61. The molecule has 8 heteroatoms. The highest BCUT2D eigenvalue weighted by atomic mass is 79.9. The third-order valence-corrected chi connectivity index (χ3v) is 6.49. The van der Waals surface area contributed by atoms with Gasteiger partial charge in [0.05, 0.1) is 10.5 Å². The lowest BCUT2D eigenvalue weighted by atomic mass is 10.1. The average molecular weight is 386 g/mol. The second-order valence-electron chi connectivity index (χ2n) is 5.38. The molecule has 1 saturated carbocycles. The summed E-state index contributed by atoms with van der Waals surface area (Å²) in [6.07, 6.45) is -2.76. The molecule has 1 fully saturated rings. The summed E-state index contributed by atoms with van der Waals surface area (Å²) < 4.78 is 65.4. The van der Waals surface area contributed by atoms with Gasteiger partial charge in [-0.1, -0.05) is 22.0 Å². The van der Waals surface area contributed by atoms with Gasteiger partial charge in [-0.3, -0.25) is 0 Å². The molecule has 21 heavy (non-hydrogen) atoms. The molecular formula is C13H15BrF3NO2S. The molecule has 2 rings (SSSR count). The van der Waals surface area contributed by atoms with Crippen LogP contribution in [-0.2, 0) is 16.2 Å². The summed E-state index contributed by atoms with van der Waals surface area (Å²) in [6, 6.07) is 3.19. The van der Waals surface area contributed by atoms with Gasteiger partial charge in [0, 0.05) is 11.9 Å². The van der Waals surface area contributed by atoms with Crippen LogP contribution in [0.15, 0.2) is 23.1 Å². The van der Waals surface area contributed by atoms with Gasteiger partial charge in [0.2, 0.25) is 10.0 Å². The van der Waals surface area contributed by atoms with Crippen molar-refractivity contribution in [2.75, 3.05) is 11.9 Å². The molecule has 1 aliphatic carbocycles. The predicted octanol–water partition coefficient (Wildman–Crippen LogP) is 3.47. The van der Waals surface area contributed by atoms with Crippen molar-refractivity contribution in [1.82, 2.24) is 4.72 Å². The minimum atomic E-state index is -4.57. The fourth-order valence-electron chi connectivity index (χ4n) is 2.07. The monoisotopic (exact) mass is 385 g/mol. The quantitative estimate of drug-likeness (QED) is 0.788. The predicted molar refractivity (Wildman–Crippen MR) is 76.8 cm³/mol. The molecule has 0 saturated heterocycles. The maximum Gasteiger partial charge on any atom is 0.416 e. The van der Waals surface area contributed by atoms with Gasteiger partial charge in [-0.25, -0.2) is 13.1 Å². The summed E-state index contributed by atoms with van der Waals surface area (Å²) in [4.78, 5) is -0.317. The van der Waals surface area contributed by atoms with Crippen LogP contribution in [-0.4, -0.2) is 20.3 Å². The lowest BCUT2D eigenvalue weighted by Gasteiger charge is -2.16. The SMILES string of the molecule is Cc1c(C(F)(F)F)cccc1S(=O)(=O)NCC1(CBr)CC1. The summed E-state index contributed by atoms with van der Waals surface area (Å²) >= 11 is 3.33. The number of benzene rings is 1. The van der Waals surface area contributed by atoms with E-state index >= 15 is 0 Å². The smallest absolute Gasteiger partial charge is 0.211 e. The lowest BCUT2D eigenvalue weighted by Crippen LogP contribution is -2.31. The minimum absolute atomic E-state index is 0.0946. The fourth-order valence-corrected chi connectivity index (χ4v) is 4.25. The minimum Gasteiger partial charge on any atom is -0.211 e. The number of nitrogens with one attached hydrogen (secondary N) is 1. The molecule has 0 bridgehead atoms. The van der Waals surface area contributed by atoms with Crippen molar-refractivity contribution in [3.05, 3.63) is 29.3 Å². The highest BCUT2D eigenvalue weighted by molar-refractivity contribution is 9.09. The molecule has 1 aliphatic rings. The van der Waals surface area contributed by atoms with Gasteiger partial charge >= 0.3 is 6.18 Å². The van der Waals surface area contributed by atoms with E-state index in [1.165, 1.54) is 13.0 Å². The van der Waals surface area contributed by atoms with Crippen LogP contribution in [0.3, 0.4) is 0 Å². The normalized spacial score (nSPS) is 17.8. The van der Waals surface area contributed by atoms with Crippen molar-refractivity contribution in [1.29, 1.82) is 0 Å². The van der Waals surface area contributed by atoms with Crippen molar-refractivity contribution < 1.29 is 21.6 Å². The third-order valence-electron chi connectivity index (χ3n) is 3.76. The van der Waals surface area contributed by atoms with E-state index in [1.54, 1.807) is 0 Å². The van der Waals surface area contributed by atoms with Crippen molar-refractivity contribution >= 4 is 26.0 Å². The summed E-state index contributed by atoms with van der Waals surface area (Å²) in [5.41, 5.74) is -1.30. The van der Waals surface area contributed by atoms with E-state index < -0.39 is 21.8 Å². The second-order valence-corrected chi connectivity index (χ2v) is 7.68. The molecule has 0 radical (unpaired) electrons. The molecule has 1 aromatic rings. The summed E-state index contributed by atoms with van der Waals surface area (Å²) in [6.45, 7) is 1.41. The maximum absolute atomic E-state index is 12.8. The molecule has 118 valence electrons. The van der Waals surface area contributed by atoms with Gasteiger partial charge in [0.15, 0.2) is 0 Å². The van der Waals surface area contributed by atoms with Gasteiger partial charge in [-0.05, 0) is 42.9 Å². The highest BCUT2D eigenvalue weighted by Crippen LogP contribution is 2.46. The van der Waals surface area contributed by atoms with E-state index in [9.17, 15) is 21.6 Å². The molecule has 0 aliphatic heterocycles. The number of sulfonamides is 1. The molecule has 0 heterocycles. The highest BCUT2D eigenvalue weighted by Gasteiger charge is 2.42. The summed E-state index contributed by atoms with van der Waals surface area (Å²) in [7, 11) is -3.95. The Labute approximate surface area is 130 Å². The molecule has 3 nitrogen and oxygen atoms in total. The number of hydrogen-bond donors (Lipinski definition) is 1. The van der Waals surface area contributed by atoms with Crippen LogP contribution in [0.1, 0.15) is 24.0 Å². The van der Waals surface area contributed by atoms with E-state index in [4.69, 9.17) is 0 Å². The van der Waals surface area contributed by atoms with Crippen LogP contribution in [0.4, 0.5) is 13.2 Å². The van der Waals surface area contributed by atoms with Crippen LogP contribution >= 0.6 is 15.9 Å². The number of alkyl halides is 4. The van der Waals surface area contributed by atoms with Crippen molar-refractivity contribution in [2.45, 2.75) is 30.8 Å². The standard InChI is InChI=1S/C13H15BrF3NO2S/c1-9-10(13(15,16)17)3-2-4-11(9)21(19,20)18-8-12(7-14)5-6-12/h2-4,18H,5-8H2,1H3. The van der Waals surface area contributed by atoms with Gasteiger partial charge in [-0.2, -0.15) is 13.2 Å². The van der Waals surface area contributed by atoms with Crippen LogP contribution in [0, 0.1) is 12.3 Å². The maximum atomic E-state index is 12.8. The van der Waals surface area contributed by atoms with Gasteiger partial charge in [0.25, 0.3) is 0 Å². The Bertz CT molecular complexity index is 639. The Hall–Kier alpha value is -0.600. The number of rotatable bonds is 5. The molecule has 0 unspecified atom stereocenters. The van der Waals surface area contributed by atoms with Gasteiger partial charge in [0.1, 0.15) is 0 Å². The van der Waals surface area contributed by atoms with Crippen molar-refractivity contribution in [2.24, 2.45) is 5.41 Å². The van der Waals surface area contributed by atoms with Gasteiger partial charge in [-0.15, -0.1) is 0 Å². The molecule has 0 aromatic heterocycles. The van der Waals surface area contributed by atoms with E-state index in [2.05, 4.69) is 20.7 Å². The molecule has 0 spiro atoms. The molecule has 0 amide bonds. The molecular weight excluding hydrogens is 371 g/mol. The Kier molecular flexibility index (Phi) is 4.43. The first kappa shape index (κ1) is 16.8. The van der Waals surface area contributed by atoms with Crippen LogP contribution in [0.2, 0.25) is 0 Å². The van der Waals surface area contributed by atoms with Gasteiger partial charge < -0.3 is 0 Å². The molecule has 1 N–H and O–H groups in total. The summed E-state index contributed by atoms with van der Waals surface area (Å²) in [5, 5.41) is 0.671. The lowest BCUT2D eigenvalue weighted by molar-refractivity contribution is -0.138. The van der Waals surface area contributed by atoms with Crippen molar-refractivity contribution in [3.8, 4) is 0 Å². The summed E-state index contributed by atoms with van der Waals surface area (Å²) in [5.74, 6) is 0. The van der Waals surface area contributed by atoms with Crippen molar-refractivity contribution in [3.63, 3.8) is 0 Å². The Morgan fingerprint density at radius 3 is 2.43 bits per heavy atom. The third kappa shape index (κ3) is 3.60. The van der Waals surface area contributed by atoms with E-state index in [-0.39, 0.29) is 22.4 Å². The van der Waals surface area contributed by atoms with E-state index in [1.807, 2.05) is 0 Å².